The predicted molar refractivity (Wildman–Crippen MR) is 67.4 cm³/mol. The summed E-state index contributed by atoms with van der Waals surface area (Å²) in [6.07, 6.45) is 0.353. The van der Waals surface area contributed by atoms with Crippen molar-refractivity contribution in [2.45, 2.75) is 34.1 Å². The van der Waals surface area contributed by atoms with Gasteiger partial charge in [-0.2, -0.15) is 0 Å². The van der Waals surface area contributed by atoms with Gasteiger partial charge in [-0.15, -0.1) is 0 Å². The first-order valence-corrected chi connectivity index (χ1v) is 6.45. The van der Waals surface area contributed by atoms with Crippen molar-refractivity contribution in [2.24, 2.45) is 17.8 Å². The number of hydrogen-bond acceptors (Lipinski definition) is 2. The largest absolute Gasteiger partial charge is 0.355 e. The Kier molecular flexibility index (Phi) is 4.97. The molecule has 4 nitrogen and oxygen atoms in total. The Morgan fingerprint density at radius 3 is 2.18 bits per heavy atom. The van der Waals surface area contributed by atoms with Crippen LogP contribution in [0.5, 0.6) is 0 Å². The molecule has 0 spiro atoms. The lowest BCUT2D eigenvalue weighted by molar-refractivity contribution is -0.136. The van der Waals surface area contributed by atoms with Gasteiger partial charge < -0.3 is 10.2 Å². The maximum atomic E-state index is 12.3. The van der Waals surface area contributed by atoms with Crippen molar-refractivity contribution in [1.82, 2.24) is 10.2 Å². The monoisotopic (exact) mass is 240 g/mol. The Bertz CT molecular complexity index is 277. The zero-order valence-corrected chi connectivity index (χ0v) is 11.3. The molecule has 0 aromatic heterocycles. The molecule has 0 bridgehead atoms. The first-order chi connectivity index (χ1) is 7.90. The number of rotatable bonds is 5. The van der Waals surface area contributed by atoms with Gasteiger partial charge in [-0.25, -0.2) is 0 Å². The predicted octanol–water partition coefficient (Wildman–Crippen LogP) is 1.26. The SMILES string of the molecule is CC(C)CN(CC(C)C)C(=O)C1CNC(=O)C1. The van der Waals surface area contributed by atoms with Crippen LogP contribution >= 0.6 is 0 Å². The second-order valence-electron chi connectivity index (χ2n) is 5.74. The van der Waals surface area contributed by atoms with Gasteiger partial charge in [0, 0.05) is 26.1 Å². The number of hydrogen-bond donors (Lipinski definition) is 1. The fourth-order valence-corrected chi connectivity index (χ4v) is 2.17. The van der Waals surface area contributed by atoms with E-state index in [1.165, 1.54) is 0 Å². The minimum absolute atomic E-state index is 0.00241. The van der Waals surface area contributed by atoms with Crippen LogP contribution in [-0.2, 0) is 9.59 Å². The fourth-order valence-electron chi connectivity index (χ4n) is 2.17. The van der Waals surface area contributed by atoms with Crippen LogP contribution in [0.15, 0.2) is 0 Å². The van der Waals surface area contributed by atoms with Crippen molar-refractivity contribution >= 4 is 11.8 Å². The number of nitrogens with one attached hydrogen (secondary N) is 1. The molecule has 17 heavy (non-hydrogen) atoms. The van der Waals surface area contributed by atoms with Crippen LogP contribution in [0.3, 0.4) is 0 Å². The summed E-state index contributed by atoms with van der Waals surface area (Å²) < 4.78 is 0. The Morgan fingerprint density at radius 2 is 1.82 bits per heavy atom. The van der Waals surface area contributed by atoms with E-state index in [2.05, 4.69) is 33.0 Å². The van der Waals surface area contributed by atoms with Crippen LogP contribution in [0.1, 0.15) is 34.1 Å². The van der Waals surface area contributed by atoms with E-state index in [4.69, 9.17) is 0 Å². The summed E-state index contributed by atoms with van der Waals surface area (Å²) in [4.78, 5) is 25.4. The maximum Gasteiger partial charge on any atom is 0.228 e. The molecule has 0 aromatic carbocycles. The maximum absolute atomic E-state index is 12.3. The quantitative estimate of drug-likeness (QED) is 0.786. The van der Waals surface area contributed by atoms with E-state index < -0.39 is 0 Å². The Balaban J connectivity index is 2.61. The van der Waals surface area contributed by atoms with Crippen LogP contribution in [0.4, 0.5) is 0 Å². The third-order valence-electron chi connectivity index (χ3n) is 2.81. The summed E-state index contributed by atoms with van der Waals surface area (Å²) in [5.74, 6) is 0.897. The smallest absolute Gasteiger partial charge is 0.228 e. The topological polar surface area (TPSA) is 49.4 Å². The van der Waals surface area contributed by atoms with Gasteiger partial charge >= 0.3 is 0 Å². The van der Waals surface area contributed by atoms with E-state index in [0.29, 0.717) is 24.8 Å². The molecule has 1 saturated heterocycles. The first-order valence-electron chi connectivity index (χ1n) is 6.45. The minimum atomic E-state index is -0.153. The van der Waals surface area contributed by atoms with Gasteiger partial charge in [0.15, 0.2) is 0 Å². The summed E-state index contributed by atoms with van der Waals surface area (Å²) in [5.41, 5.74) is 0. The van der Waals surface area contributed by atoms with E-state index >= 15 is 0 Å². The molecule has 1 fully saturated rings. The molecule has 0 aromatic rings. The highest BCUT2D eigenvalue weighted by Crippen LogP contribution is 2.15. The highest BCUT2D eigenvalue weighted by molar-refractivity contribution is 5.89. The molecule has 2 amide bonds. The van der Waals surface area contributed by atoms with Crippen molar-refractivity contribution in [3.05, 3.63) is 0 Å². The van der Waals surface area contributed by atoms with E-state index in [1.807, 2.05) is 4.90 Å². The number of carbonyl (C=O) groups is 2. The van der Waals surface area contributed by atoms with E-state index in [1.54, 1.807) is 0 Å². The standard InChI is InChI=1S/C13H24N2O2/c1-9(2)7-15(8-10(3)4)13(17)11-5-12(16)14-6-11/h9-11H,5-8H2,1-4H3,(H,14,16). The molecule has 0 saturated carbocycles. The van der Waals surface area contributed by atoms with Gasteiger partial charge in [0.1, 0.15) is 0 Å². The van der Waals surface area contributed by atoms with E-state index in [9.17, 15) is 9.59 Å². The van der Waals surface area contributed by atoms with Crippen molar-refractivity contribution in [3.63, 3.8) is 0 Å². The van der Waals surface area contributed by atoms with Crippen LogP contribution in [0, 0.1) is 17.8 Å². The first kappa shape index (κ1) is 14.0. The third-order valence-corrected chi connectivity index (χ3v) is 2.81. The molecule has 0 aliphatic carbocycles. The highest BCUT2D eigenvalue weighted by atomic mass is 16.2. The second-order valence-corrected chi connectivity index (χ2v) is 5.74. The summed E-state index contributed by atoms with van der Waals surface area (Å²) in [6.45, 7) is 10.5. The Morgan fingerprint density at radius 1 is 1.29 bits per heavy atom. The molecule has 1 rings (SSSR count). The van der Waals surface area contributed by atoms with Crippen LogP contribution in [0.2, 0.25) is 0 Å². The molecule has 4 heteroatoms. The molecule has 1 N–H and O–H groups in total. The summed E-state index contributed by atoms with van der Waals surface area (Å²) >= 11 is 0. The highest BCUT2D eigenvalue weighted by Gasteiger charge is 2.31. The molecule has 0 radical (unpaired) electrons. The average Bonchev–Trinajstić information content (AvgIpc) is 2.61. The molecular formula is C13H24N2O2. The number of carbonyl (C=O) groups excluding carboxylic acids is 2. The average molecular weight is 240 g/mol. The zero-order chi connectivity index (χ0) is 13.0. The van der Waals surface area contributed by atoms with Gasteiger partial charge in [0.25, 0.3) is 0 Å². The van der Waals surface area contributed by atoms with Gasteiger partial charge in [-0.3, -0.25) is 9.59 Å². The van der Waals surface area contributed by atoms with Gasteiger partial charge in [-0.05, 0) is 11.8 Å². The molecule has 1 aliphatic heterocycles. The number of nitrogens with zero attached hydrogens (tertiary/aromatic N) is 1. The number of amides is 2. The van der Waals surface area contributed by atoms with Gasteiger partial charge in [0.2, 0.25) is 11.8 Å². The van der Waals surface area contributed by atoms with Gasteiger partial charge in [0.05, 0.1) is 5.92 Å². The van der Waals surface area contributed by atoms with Crippen molar-refractivity contribution < 1.29 is 9.59 Å². The van der Waals surface area contributed by atoms with Crippen LogP contribution in [0.25, 0.3) is 0 Å². The second kappa shape index (κ2) is 6.03. The van der Waals surface area contributed by atoms with Crippen molar-refractivity contribution in [2.75, 3.05) is 19.6 Å². The molecule has 98 valence electrons. The Hall–Kier alpha value is -1.06. The summed E-state index contributed by atoms with van der Waals surface area (Å²) in [5, 5.41) is 2.73. The van der Waals surface area contributed by atoms with Crippen LogP contribution in [-0.4, -0.2) is 36.3 Å². The molecule has 1 heterocycles. The normalized spacial score (nSPS) is 19.9. The molecular weight excluding hydrogens is 216 g/mol. The van der Waals surface area contributed by atoms with E-state index in [0.717, 1.165) is 13.1 Å². The Labute approximate surface area is 104 Å². The van der Waals surface area contributed by atoms with Gasteiger partial charge in [-0.1, -0.05) is 27.7 Å². The summed E-state index contributed by atoms with van der Waals surface area (Å²) in [6, 6.07) is 0. The third kappa shape index (κ3) is 4.36. The summed E-state index contributed by atoms with van der Waals surface area (Å²) in [7, 11) is 0. The van der Waals surface area contributed by atoms with E-state index in [-0.39, 0.29) is 17.7 Å². The lowest BCUT2D eigenvalue weighted by atomic mass is 10.0. The minimum Gasteiger partial charge on any atom is -0.355 e. The van der Waals surface area contributed by atoms with Crippen LogP contribution < -0.4 is 5.32 Å². The lowest BCUT2D eigenvalue weighted by Gasteiger charge is -2.28. The zero-order valence-electron chi connectivity index (χ0n) is 11.3. The molecule has 1 atom stereocenters. The molecule has 1 unspecified atom stereocenters. The van der Waals surface area contributed by atoms with Crippen molar-refractivity contribution in [3.8, 4) is 0 Å². The molecule has 1 aliphatic rings. The van der Waals surface area contributed by atoms with Crippen molar-refractivity contribution in [1.29, 1.82) is 0 Å². The lowest BCUT2D eigenvalue weighted by Crippen LogP contribution is -2.41. The fraction of sp³-hybridized carbons (Fsp3) is 0.846.